The predicted octanol–water partition coefficient (Wildman–Crippen LogP) is 4.46. The summed E-state index contributed by atoms with van der Waals surface area (Å²) in [5.41, 5.74) is 0.306. The molecule has 2 aromatic carbocycles. The van der Waals surface area contributed by atoms with E-state index in [1.165, 1.54) is 30.6 Å². The van der Waals surface area contributed by atoms with Crippen molar-refractivity contribution in [2.24, 2.45) is 0 Å². The summed E-state index contributed by atoms with van der Waals surface area (Å²) in [5, 5.41) is 2.44. The Morgan fingerprint density at radius 1 is 0.933 bits per heavy atom. The lowest BCUT2D eigenvalue weighted by Crippen LogP contribution is -2.16. The van der Waals surface area contributed by atoms with Gasteiger partial charge < -0.3 is 5.32 Å². The third-order valence-electron chi connectivity index (χ3n) is 4.05. The fraction of sp³-hybridized carbons (Fsp3) is 0.100. The van der Waals surface area contributed by atoms with Crippen molar-refractivity contribution in [1.29, 1.82) is 0 Å². The van der Waals surface area contributed by atoms with E-state index in [2.05, 4.69) is 15.0 Å². The highest BCUT2D eigenvalue weighted by Gasteiger charge is 2.30. The molecule has 0 atom stereocenters. The Morgan fingerprint density at radius 3 is 2.17 bits per heavy atom. The lowest BCUT2D eigenvalue weighted by Gasteiger charge is -2.11. The zero-order valence-electron chi connectivity index (χ0n) is 15.6. The molecule has 0 fully saturated rings. The minimum Gasteiger partial charge on any atom is -0.322 e. The number of anilines is 2. The van der Waals surface area contributed by atoms with E-state index in [1.54, 1.807) is 12.1 Å². The van der Waals surface area contributed by atoms with Gasteiger partial charge in [-0.05, 0) is 49.4 Å². The van der Waals surface area contributed by atoms with E-state index in [0.717, 1.165) is 29.8 Å². The van der Waals surface area contributed by atoms with E-state index in [1.807, 2.05) is 6.92 Å². The van der Waals surface area contributed by atoms with Crippen molar-refractivity contribution in [3.05, 3.63) is 83.7 Å². The molecule has 0 aliphatic heterocycles. The van der Waals surface area contributed by atoms with Crippen LogP contribution in [0.15, 0.2) is 71.9 Å². The quantitative estimate of drug-likeness (QED) is 0.619. The summed E-state index contributed by atoms with van der Waals surface area (Å²) in [7, 11) is -3.88. The van der Waals surface area contributed by atoms with Crippen LogP contribution in [-0.4, -0.2) is 19.3 Å². The Labute approximate surface area is 170 Å². The largest absolute Gasteiger partial charge is 0.416 e. The number of carbonyl (C=O) groups excluding carboxylic acids is 1. The van der Waals surface area contributed by atoms with E-state index < -0.39 is 27.7 Å². The molecule has 2 N–H and O–H groups in total. The van der Waals surface area contributed by atoms with E-state index in [4.69, 9.17) is 0 Å². The third-order valence-corrected chi connectivity index (χ3v) is 5.45. The van der Waals surface area contributed by atoms with Crippen LogP contribution in [-0.2, 0) is 16.2 Å². The van der Waals surface area contributed by atoms with Gasteiger partial charge in [-0.25, -0.2) is 8.42 Å². The van der Waals surface area contributed by atoms with Crippen molar-refractivity contribution in [2.75, 3.05) is 10.0 Å². The average Bonchev–Trinajstić information content (AvgIpc) is 2.68. The van der Waals surface area contributed by atoms with Gasteiger partial charge in [0.15, 0.2) is 0 Å². The Bertz CT molecular complexity index is 1160. The molecule has 1 heterocycles. The van der Waals surface area contributed by atoms with Crippen LogP contribution < -0.4 is 10.0 Å². The van der Waals surface area contributed by atoms with Gasteiger partial charge in [0.2, 0.25) is 0 Å². The number of halogens is 3. The van der Waals surface area contributed by atoms with Gasteiger partial charge in [-0.1, -0.05) is 17.7 Å². The van der Waals surface area contributed by atoms with Crippen LogP contribution in [0.2, 0.25) is 0 Å². The Balaban J connectivity index is 1.74. The number of rotatable bonds is 5. The first kappa shape index (κ1) is 21.3. The lowest BCUT2D eigenvalue weighted by atomic mass is 10.2. The highest BCUT2D eigenvalue weighted by Crippen LogP contribution is 2.30. The minimum atomic E-state index is -4.48. The van der Waals surface area contributed by atoms with E-state index in [-0.39, 0.29) is 21.8 Å². The molecule has 3 aromatic rings. The number of amides is 1. The second-order valence-electron chi connectivity index (χ2n) is 6.41. The van der Waals surface area contributed by atoms with Crippen molar-refractivity contribution >= 4 is 27.3 Å². The van der Waals surface area contributed by atoms with Gasteiger partial charge in [0.05, 0.1) is 27.9 Å². The number of pyridine rings is 1. The second kappa shape index (κ2) is 8.15. The number of sulfonamides is 1. The van der Waals surface area contributed by atoms with Gasteiger partial charge in [-0.3, -0.25) is 14.5 Å². The highest BCUT2D eigenvalue weighted by molar-refractivity contribution is 7.92. The van der Waals surface area contributed by atoms with Crippen LogP contribution in [0.4, 0.5) is 24.5 Å². The summed E-state index contributed by atoms with van der Waals surface area (Å²) in [5.74, 6) is -0.654. The molecule has 0 aliphatic rings. The van der Waals surface area contributed by atoms with Crippen LogP contribution in [0.25, 0.3) is 0 Å². The molecule has 0 bridgehead atoms. The topological polar surface area (TPSA) is 88.2 Å². The van der Waals surface area contributed by atoms with Gasteiger partial charge in [0, 0.05) is 11.9 Å². The van der Waals surface area contributed by atoms with E-state index >= 15 is 0 Å². The summed E-state index contributed by atoms with van der Waals surface area (Å²) in [6.07, 6.45) is -2.03. The molecule has 0 unspecified atom stereocenters. The molecule has 6 nitrogen and oxygen atoms in total. The molecule has 0 radical (unpaired) electrons. The van der Waals surface area contributed by atoms with Crippen LogP contribution in [0.1, 0.15) is 21.5 Å². The van der Waals surface area contributed by atoms with Crippen molar-refractivity contribution in [3.63, 3.8) is 0 Å². The van der Waals surface area contributed by atoms with E-state index in [0.29, 0.717) is 0 Å². The summed E-state index contributed by atoms with van der Waals surface area (Å²) in [4.78, 5) is 16.3. The maximum Gasteiger partial charge on any atom is 0.416 e. The van der Waals surface area contributed by atoms with Crippen LogP contribution in [0.5, 0.6) is 0 Å². The first-order valence-corrected chi connectivity index (χ1v) is 10.1. The van der Waals surface area contributed by atoms with Crippen LogP contribution in [0, 0.1) is 6.92 Å². The van der Waals surface area contributed by atoms with Crippen molar-refractivity contribution in [3.8, 4) is 0 Å². The number of benzene rings is 2. The standard InChI is InChI=1S/C20H16F3N3O3S/c1-13-2-8-18(9-3-13)30(28,29)26-17-10-14(11-24-12-17)19(27)25-16-6-4-15(5-7-16)20(21,22)23/h2-12,26H,1H3,(H,25,27). The molecule has 10 heteroatoms. The van der Waals surface area contributed by atoms with Gasteiger partial charge >= 0.3 is 6.18 Å². The fourth-order valence-electron chi connectivity index (χ4n) is 2.50. The first-order valence-electron chi connectivity index (χ1n) is 8.58. The zero-order chi connectivity index (χ0) is 21.9. The van der Waals surface area contributed by atoms with Crippen molar-refractivity contribution < 1.29 is 26.4 Å². The molecule has 1 aromatic heterocycles. The van der Waals surface area contributed by atoms with Crippen molar-refractivity contribution in [2.45, 2.75) is 18.0 Å². The normalized spacial score (nSPS) is 11.7. The molecule has 156 valence electrons. The highest BCUT2D eigenvalue weighted by atomic mass is 32.2. The summed E-state index contributed by atoms with van der Waals surface area (Å²) in [6.45, 7) is 1.83. The SMILES string of the molecule is Cc1ccc(S(=O)(=O)Nc2cncc(C(=O)Nc3ccc(C(F)(F)F)cc3)c2)cc1. The van der Waals surface area contributed by atoms with E-state index in [9.17, 15) is 26.4 Å². The number of alkyl halides is 3. The smallest absolute Gasteiger partial charge is 0.322 e. The molecule has 0 aliphatic carbocycles. The lowest BCUT2D eigenvalue weighted by molar-refractivity contribution is -0.137. The Hall–Kier alpha value is -3.40. The average molecular weight is 435 g/mol. The fourth-order valence-corrected chi connectivity index (χ4v) is 3.53. The molecule has 0 saturated carbocycles. The van der Waals surface area contributed by atoms with Crippen molar-refractivity contribution in [1.82, 2.24) is 4.98 Å². The number of nitrogens with zero attached hydrogens (tertiary/aromatic N) is 1. The van der Waals surface area contributed by atoms with Crippen LogP contribution >= 0.6 is 0 Å². The van der Waals surface area contributed by atoms with Gasteiger partial charge in [-0.2, -0.15) is 13.2 Å². The monoisotopic (exact) mass is 435 g/mol. The number of nitrogens with one attached hydrogen (secondary N) is 2. The minimum absolute atomic E-state index is 0.0269. The maximum absolute atomic E-state index is 12.6. The zero-order valence-corrected chi connectivity index (χ0v) is 16.4. The van der Waals surface area contributed by atoms with Gasteiger partial charge in [0.25, 0.3) is 15.9 Å². The number of carbonyl (C=O) groups is 1. The molecule has 30 heavy (non-hydrogen) atoms. The van der Waals surface area contributed by atoms with Gasteiger partial charge in [-0.15, -0.1) is 0 Å². The Morgan fingerprint density at radius 2 is 1.57 bits per heavy atom. The Kier molecular flexibility index (Phi) is 5.79. The number of aryl methyl sites for hydroxylation is 1. The molecule has 0 spiro atoms. The summed E-state index contributed by atoms with van der Waals surface area (Å²) >= 11 is 0. The molecule has 3 rings (SSSR count). The first-order chi connectivity index (χ1) is 14.0. The summed E-state index contributed by atoms with van der Waals surface area (Å²) < 4.78 is 65.1. The second-order valence-corrected chi connectivity index (χ2v) is 8.09. The predicted molar refractivity (Wildman–Crippen MR) is 106 cm³/mol. The summed E-state index contributed by atoms with van der Waals surface area (Å²) in [6, 6.07) is 11.4. The van der Waals surface area contributed by atoms with Crippen LogP contribution in [0.3, 0.4) is 0 Å². The molecule has 0 saturated heterocycles. The molecule has 1 amide bonds. The maximum atomic E-state index is 12.6. The number of hydrogen-bond donors (Lipinski definition) is 2. The number of hydrogen-bond acceptors (Lipinski definition) is 4. The number of aromatic nitrogens is 1. The molecular weight excluding hydrogens is 419 g/mol. The molecular formula is C20H16F3N3O3S. The van der Waals surface area contributed by atoms with Gasteiger partial charge in [0.1, 0.15) is 0 Å². The third kappa shape index (κ3) is 5.15.